The molecule has 0 spiro atoms. The number of fused-ring (bicyclic) bond motifs is 1. The van der Waals surface area contributed by atoms with Gasteiger partial charge in [0.05, 0.1) is 5.39 Å². The Morgan fingerprint density at radius 2 is 2.09 bits per heavy atom. The highest BCUT2D eigenvalue weighted by Crippen LogP contribution is 2.50. The Bertz CT molecular complexity index is 1370. The van der Waals surface area contributed by atoms with E-state index in [9.17, 15) is 4.79 Å². The number of benzene rings is 1. The second kappa shape index (κ2) is 8.03. The van der Waals surface area contributed by atoms with Crippen LogP contribution in [0, 0.1) is 12.8 Å². The molecular formula is C24H24N6O2. The first-order valence-corrected chi connectivity index (χ1v) is 10.7. The molecule has 3 heterocycles. The maximum absolute atomic E-state index is 12.9. The summed E-state index contributed by atoms with van der Waals surface area (Å²) in [6.07, 6.45) is 5.64. The van der Waals surface area contributed by atoms with E-state index in [0.717, 1.165) is 18.4 Å². The molecule has 8 heteroatoms. The van der Waals surface area contributed by atoms with E-state index in [1.54, 1.807) is 6.07 Å². The molecule has 0 unspecified atom stereocenters. The minimum atomic E-state index is -0.204. The third-order valence-corrected chi connectivity index (χ3v) is 6.03. The van der Waals surface area contributed by atoms with Crippen LogP contribution in [0.4, 0.5) is 5.82 Å². The number of aromatic nitrogens is 5. The van der Waals surface area contributed by atoms with E-state index < -0.39 is 0 Å². The van der Waals surface area contributed by atoms with Crippen LogP contribution < -0.4 is 11.3 Å². The van der Waals surface area contributed by atoms with Crippen LogP contribution in [0.2, 0.25) is 0 Å². The molecule has 0 amide bonds. The van der Waals surface area contributed by atoms with E-state index in [-0.39, 0.29) is 18.0 Å². The van der Waals surface area contributed by atoms with Crippen molar-refractivity contribution in [3.63, 3.8) is 0 Å². The first-order valence-electron chi connectivity index (χ1n) is 10.7. The summed E-state index contributed by atoms with van der Waals surface area (Å²) in [5.74, 6) is 2.22. The molecular weight excluding hydrogens is 404 g/mol. The monoisotopic (exact) mass is 428 g/mol. The van der Waals surface area contributed by atoms with Gasteiger partial charge in [-0.1, -0.05) is 41.6 Å². The lowest BCUT2D eigenvalue weighted by atomic mass is 9.99. The lowest BCUT2D eigenvalue weighted by Crippen LogP contribution is -2.22. The fraction of sp³-hybridized carbons (Fsp3) is 0.292. The average Bonchev–Trinajstić information content (AvgIpc) is 3.40. The van der Waals surface area contributed by atoms with Gasteiger partial charge in [0.1, 0.15) is 18.7 Å². The van der Waals surface area contributed by atoms with Crippen molar-refractivity contribution in [2.24, 2.45) is 5.92 Å². The van der Waals surface area contributed by atoms with Crippen molar-refractivity contribution >= 4 is 22.4 Å². The zero-order chi connectivity index (χ0) is 22.2. The molecule has 0 saturated heterocycles. The number of nitrogens with two attached hydrogens (primary N) is 1. The van der Waals surface area contributed by atoms with Crippen LogP contribution in [-0.4, -0.2) is 24.7 Å². The molecule has 8 nitrogen and oxygen atoms in total. The molecule has 0 bridgehead atoms. The smallest absolute Gasteiger partial charge is 0.263 e. The second-order valence-corrected chi connectivity index (χ2v) is 8.27. The molecule has 1 fully saturated rings. The molecule has 1 aliphatic rings. The number of rotatable bonds is 6. The van der Waals surface area contributed by atoms with Gasteiger partial charge in [-0.05, 0) is 55.4 Å². The largest absolute Gasteiger partial charge is 0.384 e. The molecule has 2 atom stereocenters. The molecule has 3 aromatic heterocycles. The quantitative estimate of drug-likeness (QED) is 0.498. The molecule has 5 rings (SSSR count). The van der Waals surface area contributed by atoms with Crippen LogP contribution in [0.1, 0.15) is 48.5 Å². The van der Waals surface area contributed by atoms with Crippen molar-refractivity contribution in [1.82, 2.24) is 24.7 Å². The highest BCUT2D eigenvalue weighted by atomic mass is 16.5. The molecule has 0 radical (unpaired) electrons. The lowest BCUT2D eigenvalue weighted by Gasteiger charge is -2.06. The summed E-state index contributed by atoms with van der Waals surface area (Å²) in [5.41, 5.74) is 9.23. The van der Waals surface area contributed by atoms with E-state index >= 15 is 0 Å². The number of hydrogen-bond donors (Lipinski definition) is 1. The minimum absolute atomic E-state index is 0.167. The Hall–Kier alpha value is -3.81. The number of nitrogen functional groups attached to an aromatic ring is 1. The van der Waals surface area contributed by atoms with E-state index in [2.05, 4.69) is 57.4 Å². The zero-order valence-electron chi connectivity index (χ0n) is 18.0. The molecule has 1 saturated carbocycles. The molecule has 4 aromatic rings. The topological polar surface area (TPSA) is 113 Å². The highest BCUT2D eigenvalue weighted by Gasteiger charge is 2.42. The van der Waals surface area contributed by atoms with Crippen molar-refractivity contribution in [3.8, 4) is 0 Å². The van der Waals surface area contributed by atoms with Gasteiger partial charge in [-0.3, -0.25) is 9.36 Å². The van der Waals surface area contributed by atoms with Crippen molar-refractivity contribution in [2.45, 2.75) is 39.2 Å². The van der Waals surface area contributed by atoms with Crippen molar-refractivity contribution in [2.75, 3.05) is 5.73 Å². The SMILES string of the molecule is C/C=C(\C[C@H]1C[C@@H]1c1noc(Cn2cnc3nc(N)cc(C)c3c2=O)n1)c1ccccc1. The third-order valence-electron chi connectivity index (χ3n) is 6.03. The molecule has 0 aliphatic heterocycles. The Kier molecular flexibility index (Phi) is 5.05. The Balaban J connectivity index is 1.30. The maximum atomic E-state index is 12.9. The summed E-state index contributed by atoms with van der Waals surface area (Å²) in [6.45, 7) is 4.06. The normalized spacial score (nSPS) is 18.2. The second-order valence-electron chi connectivity index (χ2n) is 8.27. The van der Waals surface area contributed by atoms with E-state index in [1.807, 2.05) is 13.0 Å². The standard InChI is InChI=1S/C24H24N6O2/c1-3-15(16-7-5-4-6-8-16)10-17-11-18(17)22-28-20(32-29-22)12-30-13-26-23-21(24(30)31)14(2)9-19(25)27-23/h3-9,13,17-18H,10-12H2,1-2H3,(H2,25,27)/b15-3+/t17-,18-/m0/s1. The fourth-order valence-corrected chi connectivity index (χ4v) is 4.23. The summed E-state index contributed by atoms with van der Waals surface area (Å²) in [5, 5.41) is 4.63. The Morgan fingerprint density at radius 1 is 1.28 bits per heavy atom. The summed E-state index contributed by atoms with van der Waals surface area (Å²) in [6, 6.07) is 12.1. The van der Waals surface area contributed by atoms with Gasteiger partial charge in [-0.25, -0.2) is 9.97 Å². The van der Waals surface area contributed by atoms with Crippen molar-refractivity contribution in [3.05, 3.63) is 82.0 Å². The zero-order valence-corrected chi connectivity index (χ0v) is 18.0. The number of hydrogen-bond acceptors (Lipinski definition) is 7. The first-order chi connectivity index (χ1) is 15.5. The van der Waals surface area contributed by atoms with Gasteiger partial charge < -0.3 is 10.3 Å². The van der Waals surface area contributed by atoms with Gasteiger partial charge in [-0.2, -0.15) is 4.98 Å². The van der Waals surface area contributed by atoms with E-state index in [0.29, 0.717) is 34.5 Å². The minimum Gasteiger partial charge on any atom is -0.384 e. The number of anilines is 1. The molecule has 32 heavy (non-hydrogen) atoms. The fourth-order valence-electron chi connectivity index (χ4n) is 4.23. The highest BCUT2D eigenvalue weighted by molar-refractivity contribution is 5.79. The molecule has 2 N–H and O–H groups in total. The van der Waals surface area contributed by atoms with Crippen LogP contribution in [0.5, 0.6) is 0 Å². The number of aryl methyl sites for hydroxylation is 1. The first kappa shape index (κ1) is 20.1. The van der Waals surface area contributed by atoms with Gasteiger partial charge in [0, 0.05) is 5.92 Å². The predicted molar refractivity (Wildman–Crippen MR) is 122 cm³/mol. The van der Waals surface area contributed by atoms with Gasteiger partial charge in [-0.15, -0.1) is 0 Å². The predicted octanol–water partition coefficient (Wildman–Crippen LogP) is 3.71. The summed E-state index contributed by atoms with van der Waals surface area (Å²) >= 11 is 0. The van der Waals surface area contributed by atoms with Crippen LogP contribution in [0.15, 0.2) is 58.1 Å². The summed E-state index contributed by atoms with van der Waals surface area (Å²) < 4.78 is 6.91. The third kappa shape index (κ3) is 3.79. The van der Waals surface area contributed by atoms with Crippen molar-refractivity contribution < 1.29 is 4.52 Å². The number of nitrogens with zero attached hydrogens (tertiary/aromatic N) is 5. The summed E-state index contributed by atoms with van der Waals surface area (Å²) in [4.78, 5) is 25.9. The Labute approximate surface area is 184 Å². The molecule has 1 aromatic carbocycles. The van der Waals surface area contributed by atoms with Crippen molar-refractivity contribution in [1.29, 1.82) is 0 Å². The maximum Gasteiger partial charge on any atom is 0.263 e. The van der Waals surface area contributed by atoms with Gasteiger partial charge >= 0.3 is 0 Å². The van der Waals surface area contributed by atoms with Gasteiger partial charge in [0.15, 0.2) is 11.5 Å². The Morgan fingerprint density at radius 3 is 2.88 bits per heavy atom. The van der Waals surface area contributed by atoms with E-state index in [4.69, 9.17) is 10.3 Å². The lowest BCUT2D eigenvalue weighted by molar-refractivity contribution is 0.364. The number of allylic oxidation sites excluding steroid dienone is 2. The van der Waals surface area contributed by atoms with E-state index in [1.165, 1.54) is 22.0 Å². The molecule has 162 valence electrons. The van der Waals surface area contributed by atoms with Crippen LogP contribution in [0.3, 0.4) is 0 Å². The summed E-state index contributed by atoms with van der Waals surface area (Å²) in [7, 11) is 0. The average molecular weight is 428 g/mol. The number of pyridine rings is 1. The van der Waals surface area contributed by atoms with Gasteiger partial charge in [0.2, 0.25) is 5.89 Å². The van der Waals surface area contributed by atoms with Crippen LogP contribution >= 0.6 is 0 Å². The van der Waals surface area contributed by atoms with Crippen LogP contribution in [-0.2, 0) is 6.54 Å². The van der Waals surface area contributed by atoms with Gasteiger partial charge in [0.25, 0.3) is 5.56 Å². The molecule has 1 aliphatic carbocycles. The van der Waals surface area contributed by atoms with Crippen LogP contribution in [0.25, 0.3) is 16.6 Å².